The van der Waals surface area contributed by atoms with Crippen molar-refractivity contribution in [3.05, 3.63) is 103 Å². The summed E-state index contributed by atoms with van der Waals surface area (Å²) in [7, 11) is 1.94. The smallest absolute Gasteiger partial charge is 0.418 e. The normalized spacial score (nSPS) is 19.8. The van der Waals surface area contributed by atoms with Crippen LogP contribution in [0.15, 0.2) is 53.3 Å². The first-order chi connectivity index (χ1) is 36.0. The number of rotatable bonds is 10. The number of likely N-dealkylation sites (N-methyl/N-ethyl adjacent to an activating group) is 1. The number of pyridine rings is 3. The van der Waals surface area contributed by atoms with Crippen molar-refractivity contribution < 1.29 is 55.7 Å². The number of nitrogens with one attached hydrogen (secondary N) is 1. The van der Waals surface area contributed by atoms with Crippen molar-refractivity contribution in [2.24, 2.45) is 0 Å². The Morgan fingerprint density at radius 1 is 1.07 bits per heavy atom. The number of hydrogen-bond donors (Lipinski definition) is 3. The van der Waals surface area contributed by atoms with Crippen LogP contribution >= 0.6 is 11.6 Å². The van der Waals surface area contributed by atoms with Gasteiger partial charge < -0.3 is 44.3 Å². The number of halogens is 6. The number of nitrogens with zero attached hydrogens (tertiary/aromatic N) is 8. The second-order valence-corrected chi connectivity index (χ2v) is 20.0. The zero-order valence-electron chi connectivity index (χ0n) is 41.7. The summed E-state index contributed by atoms with van der Waals surface area (Å²) < 4.78 is 94.4. The molecule has 398 valence electrons. The number of nitrogen functional groups attached to an aromatic ring is 1. The fourth-order valence-electron chi connectivity index (χ4n) is 10.6. The molecule has 4 N–H and O–H groups in total. The minimum atomic E-state index is -4.95. The first-order valence-corrected chi connectivity index (χ1v) is 24.7. The van der Waals surface area contributed by atoms with E-state index >= 15 is 8.78 Å². The third kappa shape index (κ3) is 8.95. The molecule has 10 rings (SSSR count). The highest BCUT2D eigenvalue weighted by atomic mass is 35.5. The van der Waals surface area contributed by atoms with Crippen molar-refractivity contribution in [3.63, 3.8) is 0 Å². The van der Waals surface area contributed by atoms with Gasteiger partial charge >= 0.3 is 24.2 Å². The van der Waals surface area contributed by atoms with E-state index in [9.17, 15) is 37.5 Å². The molecule has 76 heavy (non-hydrogen) atoms. The van der Waals surface area contributed by atoms with Gasteiger partial charge in [0.05, 0.1) is 62.1 Å². The molecule has 2 saturated heterocycles. The molecule has 4 aliphatic rings. The van der Waals surface area contributed by atoms with Crippen molar-refractivity contribution in [2.75, 3.05) is 55.8 Å². The number of fused-ring (bicyclic) bond motifs is 6. The molecular weight excluding hydrogens is 1020 g/mol. The number of anilines is 3. The maximum Gasteiger partial charge on any atom is 0.418 e. The number of alkyl halides is 3. The van der Waals surface area contributed by atoms with Crippen LogP contribution in [0.3, 0.4) is 0 Å². The van der Waals surface area contributed by atoms with E-state index in [4.69, 9.17) is 31.5 Å². The van der Waals surface area contributed by atoms with E-state index in [-0.39, 0.29) is 114 Å². The lowest BCUT2D eigenvalue weighted by molar-refractivity contribution is -0.172. The predicted molar refractivity (Wildman–Crippen MR) is 270 cm³/mol. The molecule has 4 aliphatic heterocycles. The summed E-state index contributed by atoms with van der Waals surface area (Å²) in [5.41, 5.74) is 1.43. The second-order valence-electron chi connectivity index (χ2n) is 19.6. The number of likely N-dealkylation sites (tertiary alicyclic amines) is 1. The largest absolute Gasteiger partial charge is 0.462 e. The van der Waals surface area contributed by atoms with Crippen LogP contribution in [-0.2, 0) is 44.0 Å². The Balaban J connectivity index is 0.850. The topological polar surface area (TPSA) is 220 Å². The van der Waals surface area contributed by atoms with Gasteiger partial charge in [-0.05, 0) is 89.5 Å². The summed E-state index contributed by atoms with van der Waals surface area (Å²) in [4.78, 5) is 76.4. The predicted octanol–water partition coefficient (Wildman–Crippen LogP) is 7.63. The van der Waals surface area contributed by atoms with Gasteiger partial charge in [0.15, 0.2) is 11.4 Å². The fourth-order valence-corrected chi connectivity index (χ4v) is 10.8. The first-order valence-electron chi connectivity index (χ1n) is 24.4. The van der Waals surface area contributed by atoms with E-state index in [1.807, 2.05) is 7.05 Å². The molecule has 18 nitrogen and oxygen atoms in total. The number of benzene rings is 2. The maximum absolute atomic E-state index is 17.0. The van der Waals surface area contributed by atoms with Gasteiger partial charge in [0.2, 0.25) is 0 Å². The molecule has 2 amide bonds. The summed E-state index contributed by atoms with van der Waals surface area (Å²) >= 11 is 6.68. The van der Waals surface area contributed by atoms with Gasteiger partial charge in [-0.2, -0.15) is 23.1 Å². The quantitative estimate of drug-likeness (QED) is 0.0681. The minimum absolute atomic E-state index is 0.000202. The van der Waals surface area contributed by atoms with Crippen molar-refractivity contribution in [3.8, 4) is 28.7 Å². The van der Waals surface area contributed by atoms with Crippen molar-refractivity contribution in [1.29, 1.82) is 0 Å². The Morgan fingerprint density at radius 3 is 2.53 bits per heavy atom. The van der Waals surface area contributed by atoms with Gasteiger partial charge in [0, 0.05) is 59.7 Å². The zero-order valence-corrected chi connectivity index (χ0v) is 42.5. The molecule has 0 radical (unpaired) electrons. The van der Waals surface area contributed by atoms with E-state index in [0.29, 0.717) is 22.3 Å². The molecule has 0 bridgehead atoms. The van der Waals surface area contributed by atoms with Gasteiger partial charge in [-0.3, -0.25) is 14.9 Å². The molecular formula is C52H50ClF5N10O8. The third-order valence-electron chi connectivity index (χ3n) is 14.7. The Bertz CT molecular complexity index is 3540. The number of aromatic nitrogens is 5. The number of carbonyl (C=O) groups excluding carboxylic acids is 3. The monoisotopic (exact) mass is 1070 g/mol. The number of nitrogens with two attached hydrogens (primary N) is 1. The van der Waals surface area contributed by atoms with Crippen LogP contribution in [0.1, 0.15) is 67.9 Å². The zero-order chi connectivity index (χ0) is 54.4. The van der Waals surface area contributed by atoms with E-state index in [1.165, 1.54) is 35.4 Å². The van der Waals surface area contributed by atoms with Crippen LogP contribution in [-0.4, -0.2) is 115 Å². The Kier molecular flexibility index (Phi) is 13.2. The molecule has 4 atom stereocenters. The van der Waals surface area contributed by atoms with Crippen LogP contribution in [0.5, 0.6) is 6.01 Å². The van der Waals surface area contributed by atoms with E-state index < -0.39 is 80.9 Å². The fraction of sp³-hybridized carbons (Fsp3) is 0.385. The first kappa shape index (κ1) is 52.0. The summed E-state index contributed by atoms with van der Waals surface area (Å²) in [5.74, 6) is -3.64. The van der Waals surface area contributed by atoms with Gasteiger partial charge in [0.1, 0.15) is 42.3 Å². The number of aryl methyl sites for hydroxylation is 1. The lowest BCUT2D eigenvalue weighted by Crippen LogP contribution is -2.54. The Hall–Kier alpha value is -7.50. The lowest BCUT2D eigenvalue weighted by Gasteiger charge is -2.41. The third-order valence-corrected chi connectivity index (χ3v) is 15.0. The summed E-state index contributed by atoms with van der Waals surface area (Å²) in [6, 6.07) is 7.20. The molecule has 0 aliphatic carbocycles. The van der Waals surface area contributed by atoms with Crippen LogP contribution in [0.25, 0.3) is 44.5 Å². The standard InChI is InChI=1S/C52H50ClF5N10O8/c1-7-51(73)32-17-37-42-28(20-68(37)47(70)31(32)22-74-48(51)71)14-27-15-36(34(54)18-35(27)60-42)61-50(72)76-26(5)25(4)46(69)66-11-12-67(24(3)19-66)45-30-16-33(53)39(44-40(52(56,57)58)23(2)13-38(59)62-44)41(55)43(30)63-49(64-45)75-21-29-9-8-10-65(29)6/h13-18,24,26,29,73H,4,7-12,19-22H2,1-3,5-6H3,(H2,59,62)(H,61,72)/t24-,26-,29-,51-/m0/s1. The number of carbonyl (C=O) groups is 3. The number of piperazine rings is 1. The highest BCUT2D eigenvalue weighted by Crippen LogP contribution is 2.45. The molecule has 6 aromatic rings. The number of cyclic esters (lactones) is 1. The average molecular weight is 1070 g/mol. The lowest BCUT2D eigenvalue weighted by atomic mass is 9.86. The second kappa shape index (κ2) is 19.3. The van der Waals surface area contributed by atoms with Crippen LogP contribution in [0, 0.1) is 18.6 Å². The van der Waals surface area contributed by atoms with Crippen LogP contribution < -0.4 is 26.2 Å². The average Bonchev–Trinajstić information content (AvgIpc) is 4.08. The SMILES string of the molecule is C=C(C(=O)N1CCN(c2nc(OC[C@@H]3CCCN3C)nc3c(F)c(-c4nc(N)cc(C)c4C(F)(F)F)c(Cl)cc23)[C@@H](C)C1)[C@H](C)OC(=O)Nc1cc2cc3c(nc2cc1F)-c1cc2c(c(=O)n1C3)COC(=O)[C@]2(O)CC. The molecule has 0 spiro atoms. The Labute approximate surface area is 435 Å². The molecule has 0 saturated carbocycles. The van der Waals surface area contributed by atoms with Gasteiger partial charge in [-0.1, -0.05) is 25.1 Å². The van der Waals surface area contributed by atoms with Crippen molar-refractivity contribution in [1.82, 2.24) is 34.3 Å². The van der Waals surface area contributed by atoms with Crippen LogP contribution in [0.4, 0.5) is 44.1 Å². The molecule has 2 aromatic carbocycles. The molecule has 4 aromatic heterocycles. The number of amides is 2. The van der Waals surface area contributed by atoms with E-state index in [2.05, 4.69) is 36.7 Å². The van der Waals surface area contributed by atoms with Crippen molar-refractivity contribution >= 4 is 68.7 Å². The summed E-state index contributed by atoms with van der Waals surface area (Å²) in [6.07, 6.45) is -5.55. The summed E-state index contributed by atoms with van der Waals surface area (Å²) in [5, 5.41) is 13.6. The van der Waals surface area contributed by atoms with E-state index in [1.54, 1.807) is 30.9 Å². The number of hydrogen-bond acceptors (Lipinski definition) is 15. The van der Waals surface area contributed by atoms with Gasteiger partial charge in [-0.15, -0.1) is 0 Å². The highest BCUT2D eigenvalue weighted by molar-refractivity contribution is 6.34. The summed E-state index contributed by atoms with van der Waals surface area (Å²) in [6.45, 7) is 10.9. The number of ether oxygens (including phenoxy) is 3. The van der Waals surface area contributed by atoms with Crippen LogP contribution in [0.2, 0.25) is 5.02 Å². The Morgan fingerprint density at radius 2 is 1.83 bits per heavy atom. The van der Waals surface area contributed by atoms with Crippen molar-refractivity contribution in [2.45, 2.75) is 90.1 Å². The molecule has 2 fully saturated rings. The molecule has 0 unspecified atom stereocenters. The number of esters is 1. The maximum atomic E-state index is 17.0. The molecule has 8 heterocycles. The van der Waals surface area contributed by atoms with E-state index in [0.717, 1.165) is 31.5 Å². The number of aliphatic hydroxyl groups is 1. The minimum Gasteiger partial charge on any atom is -0.462 e. The van der Waals surface area contributed by atoms with Gasteiger partial charge in [0.25, 0.3) is 11.5 Å². The highest BCUT2D eigenvalue weighted by Gasteiger charge is 2.46. The van der Waals surface area contributed by atoms with Gasteiger partial charge in [-0.25, -0.2) is 28.3 Å². The molecule has 24 heteroatoms.